The number of carbonyl (C=O) groups excluding carboxylic acids is 2. The van der Waals surface area contributed by atoms with E-state index in [1.54, 1.807) is 6.07 Å². The van der Waals surface area contributed by atoms with E-state index in [9.17, 15) is 9.59 Å². The van der Waals surface area contributed by atoms with Crippen molar-refractivity contribution >= 4 is 34.5 Å². The van der Waals surface area contributed by atoms with Crippen molar-refractivity contribution in [2.45, 2.75) is 50.2 Å². The molecule has 1 aliphatic carbocycles. The summed E-state index contributed by atoms with van der Waals surface area (Å²) in [7, 11) is 0. The van der Waals surface area contributed by atoms with Crippen LogP contribution in [0.5, 0.6) is 5.75 Å². The number of hydrogen-bond donors (Lipinski definition) is 1. The van der Waals surface area contributed by atoms with Gasteiger partial charge in [0.05, 0.1) is 11.9 Å². The topological polar surface area (TPSA) is 55.4 Å². The molecule has 1 saturated carbocycles. The van der Waals surface area contributed by atoms with Gasteiger partial charge in [0.2, 0.25) is 5.91 Å². The van der Waals surface area contributed by atoms with Crippen LogP contribution in [0.4, 0.5) is 4.79 Å². The zero-order valence-corrected chi connectivity index (χ0v) is 15.1. The van der Waals surface area contributed by atoms with E-state index >= 15 is 0 Å². The summed E-state index contributed by atoms with van der Waals surface area (Å²) in [5.41, 5.74) is 0.860. The van der Waals surface area contributed by atoms with Crippen LogP contribution in [0.1, 0.15) is 44.1 Å². The smallest absolute Gasteiger partial charge is 0.286 e. The largest absolute Gasteiger partial charge is 0.494 e. The monoisotopic (exact) mass is 367 g/mol. The van der Waals surface area contributed by atoms with Crippen molar-refractivity contribution in [1.82, 2.24) is 5.32 Å². The molecule has 1 atom stereocenters. The van der Waals surface area contributed by atoms with Gasteiger partial charge < -0.3 is 4.74 Å². The van der Waals surface area contributed by atoms with Crippen molar-refractivity contribution in [2.75, 3.05) is 6.61 Å². The number of rotatable bonds is 6. The Morgan fingerprint density at radius 3 is 2.67 bits per heavy atom. The first-order valence-corrected chi connectivity index (χ1v) is 9.80. The van der Waals surface area contributed by atoms with Gasteiger partial charge in [0, 0.05) is 5.02 Å². The summed E-state index contributed by atoms with van der Waals surface area (Å²) in [6, 6.07) is 5.58. The maximum Gasteiger partial charge on any atom is 0.286 e. The summed E-state index contributed by atoms with van der Waals surface area (Å²) in [6.45, 7) is 0.718. The number of ether oxygens (including phenoxy) is 1. The number of thioether (sulfide) groups is 1. The van der Waals surface area contributed by atoms with Gasteiger partial charge in [-0.05, 0) is 36.5 Å². The third-order valence-corrected chi connectivity index (χ3v) is 6.05. The fourth-order valence-corrected chi connectivity index (χ4v) is 4.42. The van der Waals surface area contributed by atoms with Crippen LogP contribution in [-0.2, 0) is 11.2 Å². The molecule has 0 radical (unpaired) electrons. The van der Waals surface area contributed by atoms with Gasteiger partial charge in [-0.1, -0.05) is 61.5 Å². The van der Waals surface area contributed by atoms with Gasteiger partial charge in [-0.25, -0.2) is 0 Å². The molecular formula is C18H22ClNO3S. The Morgan fingerprint density at radius 1 is 1.21 bits per heavy atom. The van der Waals surface area contributed by atoms with E-state index in [1.807, 2.05) is 12.1 Å². The Labute approximate surface area is 151 Å². The number of carbonyl (C=O) groups is 2. The lowest BCUT2D eigenvalue weighted by Gasteiger charge is -2.21. The van der Waals surface area contributed by atoms with Gasteiger partial charge in [0.1, 0.15) is 5.75 Å². The predicted molar refractivity (Wildman–Crippen MR) is 96.8 cm³/mol. The predicted octanol–water partition coefficient (Wildman–Crippen LogP) is 4.58. The van der Waals surface area contributed by atoms with Crippen LogP contribution in [0.15, 0.2) is 18.2 Å². The lowest BCUT2D eigenvalue weighted by molar-refractivity contribution is -0.118. The van der Waals surface area contributed by atoms with Crippen LogP contribution in [0.25, 0.3) is 0 Å². The van der Waals surface area contributed by atoms with Crippen molar-refractivity contribution in [3.8, 4) is 5.75 Å². The normalized spacial score (nSPS) is 21.8. The first-order chi connectivity index (χ1) is 11.6. The third-order valence-electron chi connectivity index (χ3n) is 4.72. The van der Waals surface area contributed by atoms with Gasteiger partial charge in [0.15, 0.2) is 0 Å². The second-order valence-electron chi connectivity index (χ2n) is 6.48. The summed E-state index contributed by atoms with van der Waals surface area (Å²) < 4.78 is 5.83. The quantitative estimate of drug-likeness (QED) is 0.799. The van der Waals surface area contributed by atoms with E-state index in [4.69, 9.17) is 16.3 Å². The van der Waals surface area contributed by atoms with Gasteiger partial charge in [-0.15, -0.1) is 0 Å². The molecule has 1 heterocycles. The van der Waals surface area contributed by atoms with Crippen molar-refractivity contribution in [3.05, 3.63) is 28.8 Å². The molecule has 24 heavy (non-hydrogen) atoms. The maximum absolute atomic E-state index is 11.6. The highest BCUT2D eigenvalue weighted by atomic mass is 35.5. The molecule has 6 heteroatoms. The molecule has 1 unspecified atom stereocenters. The van der Waals surface area contributed by atoms with E-state index in [2.05, 4.69) is 5.32 Å². The molecule has 1 aromatic rings. The Hall–Kier alpha value is -1.20. The first-order valence-electron chi connectivity index (χ1n) is 8.54. The van der Waals surface area contributed by atoms with E-state index in [0.717, 1.165) is 42.0 Å². The molecule has 0 spiro atoms. The average Bonchev–Trinajstić information content (AvgIpc) is 2.88. The van der Waals surface area contributed by atoms with Crippen LogP contribution < -0.4 is 10.1 Å². The molecule has 1 N–H and O–H groups in total. The molecule has 3 rings (SSSR count). The van der Waals surface area contributed by atoms with E-state index in [1.165, 1.54) is 32.1 Å². The zero-order valence-electron chi connectivity index (χ0n) is 13.6. The molecule has 1 saturated heterocycles. The zero-order chi connectivity index (χ0) is 16.9. The molecule has 1 aromatic carbocycles. The molecule has 4 nitrogen and oxygen atoms in total. The highest BCUT2D eigenvalue weighted by molar-refractivity contribution is 8.15. The Balaban J connectivity index is 1.50. The second kappa shape index (κ2) is 8.26. The number of imide groups is 1. The number of hydrogen-bond acceptors (Lipinski definition) is 4. The minimum atomic E-state index is -0.395. The second-order valence-corrected chi connectivity index (χ2v) is 8.06. The van der Waals surface area contributed by atoms with Crippen molar-refractivity contribution < 1.29 is 14.3 Å². The molecule has 0 bridgehead atoms. The van der Waals surface area contributed by atoms with E-state index in [0.29, 0.717) is 11.4 Å². The fourth-order valence-electron chi connectivity index (χ4n) is 3.33. The summed E-state index contributed by atoms with van der Waals surface area (Å²) in [4.78, 5) is 22.9. The van der Waals surface area contributed by atoms with E-state index < -0.39 is 5.25 Å². The van der Waals surface area contributed by atoms with Gasteiger partial charge >= 0.3 is 0 Å². The fraction of sp³-hybridized carbons (Fsp3) is 0.556. The maximum atomic E-state index is 11.6. The number of nitrogens with one attached hydrogen (secondary N) is 1. The lowest BCUT2D eigenvalue weighted by atomic mass is 9.87. The van der Waals surface area contributed by atoms with Gasteiger partial charge in [-0.3, -0.25) is 14.9 Å². The van der Waals surface area contributed by atoms with E-state index in [-0.39, 0.29) is 11.1 Å². The molecule has 0 aromatic heterocycles. The van der Waals surface area contributed by atoms with Crippen molar-refractivity contribution in [3.63, 3.8) is 0 Å². The number of amides is 2. The van der Waals surface area contributed by atoms with Crippen molar-refractivity contribution in [2.24, 2.45) is 5.92 Å². The summed E-state index contributed by atoms with van der Waals surface area (Å²) >= 11 is 7.34. The SMILES string of the molecule is O=C1NC(=O)C(Cc2ccc(OCCC3CCCCC3)cc2Cl)S1. The Morgan fingerprint density at radius 2 is 2.00 bits per heavy atom. The van der Waals surface area contributed by atoms with Crippen LogP contribution in [0.3, 0.4) is 0 Å². The third kappa shape index (κ3) is 4.67. The standard InChI is InChI=1S/C18H22ClNO3S/c19-15-11-14(23-9-8-12-4-2-1-3-5-12)7-6-13(15)10-16-17(21)20-18(22)24-16/h6-7,11-12,16H,1-5,8-10H2,(H,20,21,22). The van der Waals surface area contributed by atoms with Crippen molar-refractivity contribution in [1.29, 1.82) is 0 Å². The number of halogens is 1. The minimum Gasteiger partial charge on any atom is -0.494 e. The molecule has 2 fully saturated rings. The Bertz CT molecular complexity index is 616. The summed E-state index contributed by atoms with van der Waals surface area (Å²) in [5, 5.41) is 2.19. The summed E-state index contributed by atoms with van der Waals surface area (Å²) in [6.07, 6.45) is 8.26. The van der Waals surface area contributed by atoms with Crippen LogP contribution in [0.2, 0.25) is 5.02 Å². The summed E-state index contributed by atoms with van der Waals surface area (Å²) in [5.74, 6) is 1.32. The number of benzene rings is 1. The molecule has 130 valence electrons. The lowest BCUT2D eigenvalue weighted by Crippen LogP contribution is -2.25. The Kier molecular flexibility index (Phi) is 6.06. The first kappa shape index (κ1) is 17.6. The minimum absolute atomic E-state index is 0.242. The van der Waals surface area contributed by atoms with Crippen LogP contribution >= 0.6 is 23.4 Å². The molecule has 1 aliphatic heterocycles. The van der Waals surface area contributed by atoms with Gasteiger partial charge in [0.25, 0.3) is 5.24 Å². The molecule has 2 amide bonds. The van der Waals surface area contributed by atoms with Crippen LogP contribution in [-0.4, -0.2) is 23.0 Å². The highest BCUT2D eigenvalue weighted by Crippen LogP contribution is 2.30. The average molecular weight is 368 g/mol. The molecular weight excluding hydrogens is 346 g/mol. The molecule has 2 aliphatic rings. The van der Waals surface area contributed by atoms with Gasteiger partial charge in [-0.2, -0.15) is 0 Å². The van der Waals surface area contributed by atoms with Crippen LogP contribution in [0, 0.1) is 5.92 Å². The highest BCUT2D eigenvalue weighted by Gasteiger charge is 2.31.